The third kappa shape index (κ3) is 4.54. The third-order valence-corrected chi connectivity index (χ3v) is 7.25. The molecule has 0 bridgehead atoms. The highest BCUT2D eigenvalue weighted by molar-refractivity contribution is 6.38. The SMILES string of the molecule is CCN1CCC(Nc2ccc3c(c2)/C(=C(/c2cc(F)cc(F)c2)c2nc4cc(F)ccc4[nH]2)C(=O)N3)CC1. The van der Waals surface area contributed by atoms with Gasteiger partial charge in [0.1, 0.15) is 23.3 Å². The first-order valence-electron chi connectivity index (χ1n) is 12.7. The molecule has 38 heavy (non-hydrogen) atoms. The number of carbonyl (C=O) groups is 1. The topological polar surface area (TPSA) is 73.0 Å². The summed E-state index contributed by atoms with van der Waals surface area (Å²) >= 11 is 0. The van der Waals surface area contributed by atoms with Gasteiger partial charge in [-0.25, -0.2) is 18.2 Å². The molecule has 6 rings (SSSR count). The molecule has 0 atom stereocenters. The summed E-state index contributed by atoms with van der Waals surface area (Å²) in [6.45, 7) is 5.23. The number of carbonyl (C=O) groups excluding carboxylic acids is 1. The number of aromatic amines is 1. The summed E-state index contributed by atoms with van der Waals surface area (Å²) in [5, 5.41) is 6.44. The number of H-pyrrole nitrogens is 1. The molecule has 0 unspecified atom stereocenters. The Kier molecular flexibility index (Phi) is 6.15. The lowest BCUT2D eigenvalue weighted by molar-refractivity contribution is -0.110. The van der Waals surface area contributed by atoms with Crippen LogP contribution in [-0.2, 0) is 4.79 Å². The summed E-state index contributed by atoms with van der Waals surface area (Å²) < 4.78 is 42.6. The summed E-state index contributed by atoms with van der Waals surface area (Å²) in [4.78, 5) is 23.3. The highest BCUT2D eigenvalue weighted by Crippen LogP contribution is 2.41. The molecule has 1 amide bonds. The van der Waals surface area contributed by atoms with Gasteiger partial charge in [0.15, 0.2) is 0 Å². The van der Waals surface area contributed by atoms with Gasteiger partial charge in [-0.15, -0.1) is 0 Å². The van der Waals surface area contributed by atoms with Crippen LogP contribution in [0.2, 0.25) is 0 Å². The first-order valence-corrected chi connectivity index (χ1v) is 12.7. The van der Waals surface area contributed by atoms with E-state index >= 15 is 0 Å². The molecular weight excluding hydrogens is 491 g/mol. The average molecular weight is 518 g/mol. The van der Waals surface area contributed by atoms with E-state index in [2.05, 4.69) is 32.4 Å². The number of anilines is 2. The largest absolute Gasteiger partial charge is 0.382 e. The molecule has 2 aliphatic heterocycles. The van der Waals surface area contributed by atoms with Gasteiger partial charge in [0.2, 0.25) is 0 Å². The van der Waals surface area contributed by atoms with E-state index in [0.717, 1.165) is 56.4 Å². The molecule has 194 valence electrons. The van der Waals surface area contributed by atoms with Gasteiger partial charge in [-0.05, 0) is 67.4 Å². The Bertz CT molecular complexity index is 1570. The van der Waals surface area contributed by atoms with Crippen molar-refractivity contribution in [3.63, 3.8) is 0 Å². The molecule has 4 aromatic rings. The van der Waals surface area contributed by atoms with Crippen molar-refractivity contribution in [1.29, 1.82) is 0 Å². The Hall–Kier alpha value is -4.11. The Morgan fingerprint density at radius 2 is 1.76 bits per heavy atom. The molecule has 3 aromatic carbocycles. The monoisotopic (exact) mass is 517 g/mol. The van der Waals surface area contributed by atoms with Crippen LogP contribution in [0.4, 0.5) is 24.5 Å². The maximum atomic E-state index is 14.4. The summed E-state index contributed by atoms with van der Waals surface area (Å²) in [6.07, 6.45) is 2.02. The van der Waals surface area contributed by atoms with Gasteiger partial charge in [-0.1, -0.05) is 6.92 Å². The van der Waals surface area contributed by atoms with Crippen LogP contribution < -0.4 is 10.6 Å². The van der Waals surface area contributed by atoms with Crippen LogP contribution in [0.3, 0.4) is 0 Å². The number of hydrogen-bond donors (Lipinski definition) is 3. The summed E-state index contributed by atoms with van der Waals surface area (Å²) in [5.41, 5.74) is 3.50. The van der Waals surface area contributed by atoms with E-state index in [9.17, 15) is 18.0 Å². The fourth-order valence-electron chi connectivity index (χ4n) is 5.33. The first kappa shape index (κ1) is 24.2. The summed E-state index contributed by atoms with van der Waals surface area (Å²) in [7, 11) is 0. The predicted molar refractivity (Wildman–Crippen MR) is 142 cm³/mol. The number of benzene rings is 3. The molecule has 3 heterocycles. The summed E-state index contributed by atoms with van der Waals surface area (Å²) in [6, 6.07) is 13.1. The van der Waals surface area contributed by atoms with E-state index in [0.29, 0.717) is 28.3 Å². The molecule has 1 fully saturated rings. The molecule has 1 saturated heterocycles. The fraction of sp³-hybridized carbons (Fsp3) is 0.241. The molecule has 0 spiro atoms. The molecule has 9 heteroatoms. The second-order valence-corrected chi connectivity index (χ2v) is 9.72. The zero-order valence-corrected chi connectivity index (χ0v) is 20.7. The highest BCUT2D eigenvalue weighted by Gasteiger charge is 2.31. The van der Waals surface area contributed by atoms with Gasteiger partial charge in [-0.2, -0.15) is 0 Å². The number of fused-ring (bicyclic) bond motifs is 2. The van der Waals surface area contributed by atoms with Crippen molar-refractivity contribution in [2.24, 2.45) is 0 Å². The van der Waals surface area contributed by atoms with Crippen molar-refractivity contribution >= 4 is 39.5 Å². The fourth-order valence-corrected chi connectivity index (χ4v) is 5.33. The van der Waals surface area contributed by atoms with Crippen molar-refractivity contribution < 1.29 is 18.0 Å². The van der Waals surface area contributed by atoms with Gasteiger partial charge >= 0.3 is 0 Å². The standard InChI is InChI=1S/C29H26F3N5O/c1-2-37-9-7-20(8-10-37)33-21-4-6-23-22(15-21)27(29(38)36-23)26(16-11-18(31)13-19(32)12-16)28-34-24-5-3-17(30)14-25(24)35-28/h3-6,11-15,20,33H,2,7-10H2,1H3,(H,34,35)(H,36,38)/b27-26+. The third-order valence-electron chi connectivity index (χ3n) is 7.25. The van der Waals surface area contributed by atoms with E-state index in [1.165, 1.54) is 18.2 Å². The van der Waals surface area contributed by atoms with Crippen molar-refractivity contribution in [2.45, 2.75) is 25.8 Å². The number of halogens is 3. The molecular formula is C29H26F3N5O. The van der Waals surface area contributed by atoms with E-state index < -0.39 is 23.4 Å². The maximum Gasteiger partial charge on any atom is 0.257 e. The van der Waals surface area contributed by atoms with Crippen LogP contribution >= 0.6 is 0 Å². The smallest absolute Gasteiger partial charge is 0.257 e. The minimum absolute atomic E-state index is 0.144. The lowest BCUT2D eigenvalue weighted by atomic mass is 9.94. The van der Waals surface area contributed by atoms with Crippen LogP contribution in [0.1, 0.15) is 36.7 Å². The van der Waals surface area contributed by atoms with E-state index in [1.54, 1.807) is 0 Å². The molecule has 2 aliphatic rings. The van der Waals surface area contributed by atoms with Crippen molar-refractivity contribution in [1.82, 2.24) is 14.9 Å². The zero-order valence-electron chi connectivity index (χ0n) is 20.7. The van der Waals surface area contributed by atoms with Gasteiger partial charge in [0.05, 0.1) is 16.6 Å². The van der Waals surface area contributed by atoms with Crippen LogP contribution in [0, 0.1) is 17.5 Å². The Morgan fingerprint density at radius 3 is 2.50 bits per heavy atom. The van der Waals surface area contributed by atoms with Crippen LogP contribution in [-0.4, -0.2) is 46.5 Å². The Balaban J connectivity index is 1.48. The van der Waals surface area contributed by atoms with E-state index in [4.69, 9.17) is 0 Å². The summed E-state index contributed by atoms with van der Waals surface area (Å²) in [5.74, 6) is -2.25. The lowest BCUT2D eigenvalue weighted by Crippen LogP contribution is -2.38. The Morgan fingerprint density at radius 1 is 1.00 bits per heavy atom. The normalized spacial score (nSPS) is 17.5. The second kappa shape index (κ2) is 9.64. The number of likely N-dealkylation sites (tertiary alicyclic amines) is 1. The van der Waals surface area contributed by atoms with Crippen LogP contribution in [0.25, 0.3) is 22.2 Å². The average Bonchev–Trinajstić information content (AvgIpc) is 3.44. The number of piperidine rings is 1. The predicted octanol–water partition coefficient (Wildman–Crippen LogP) is 5.79. The lowest BCUT2D eigenvalue weighted by Gasteiger charge is -2.32. The van der Waals surface area contributed by atoms with Crippen LogP contribution in [0.15, 0.2) is 54.6 Å². The van der Waals surface area contributed by atoms with Crippen LogP contribution in [0.5, 0.6) is 0 Å². The minimum Gasteiger partial charge on any atom is -0.382 e. The van der Waals surface area contributed by atoms with Crippen molar-refractivity contribution in [2.75, 3.05) is 30.3 Å². The number of nitrogens with one attached hydrogen (secondary N) is 3. The minimum atomic E-state index is -0.785. The second-order valence-electron chi connectivity index (χ2n) is 9.72. The number of imidazole rings is 1. The number of nitrogens with zero attached hydrogens (tertiary/aromatic N) is 2. The number of amides is 1. The first-order chi connectivity index (χ1) is 18.4. The molecule has 0 saturated carbocycles. The molecule has 1 aromatic heterocycles. The number of hydrogen-bond acceptors (Lipinski definition) is 4. The van der Waals surface area contributed by atoms with Gasteiger partial charge < -0.3 is 20.5 Å². The molecule has 0 radical (unpaired) electrons. The maximum absolute atomic E-state index is 14.4. The number of rotatable bonds is 5. The van der Waals surface area contributed by atoms with E-state index in [1.807, 2.05) is 18.2 Å². The molecule has 0 aliphatic carbocycles. The van der Waals surface area contributed by atoms with Gasteiger partial charge in [-0.3, -0.25) is 4.79 Å². The van der Waals surface area contributed by atoms with Gasteiger partial charge in [0, 0.05) is 53.8 Å². The van der Waals surface area contributed by atoms with Gasteiger partial charge in [0.25, 0.3) is 5.91 Å². The van der Waals surface area contributed by atoms with E-state index in [-0.39, 0.29) is 22.5 Å². The Labute approximate surface area is 217 Å². The molecule has 6 nitrogen and oxygen atoms in total. The number of aromatic nitrogens is 2. The van der Waals surface area contributed by atoms with Crippen molar-refractivity contribution in [3.05, 3.63) is 89.0 Å². The molecule has 3 N–H and O–H groups in total. The highest BCUT2D eigenvalue weighted by atomic mass is 19.1. The quantitative estimate of drug-likeness (QED) is 0.293. The zero-order chi connectivity index (χ0) is 26.4. The van der Waals surface area contributed by atoms with Crippen molar-refractivity contribution in [3.8, 4) is 0 Å².